The molecular formula is C14H13ClN2O3. The highest BCUT2D eigenvalue weighted by Gasteiger charge is 2.25. The minimum absolute atomic E-state index is 0.0501. The third kappa shape index (κ3) is 2.36. The summed E-state index contributed by atoms with van der Waals surface area (Å²) < 4.78 is 3.32. The Morgan fingerprint density at radius 2 is 2.10 bits per heavy atom. The molecule has 1 aromatic carbocycles. The SMILES string of the molecule is O=C(O)c1ccc(Cn2ccn(C3CC3)c2=O)c(Cl)c1. The van der Waals surface area contributed by atoms with Crippen LogP contribution in [-0.4, -0.2) is 20.2 Å². The van der Waals surface area contributed by atoms with Gasteiger partial charge in [-0.05, 0) is 30.5 Å². The van der Waals surface area contributed by atoms with Gasteiger partial charge in [0.05, 0.1) is 12.1 Å². The van der Waals surface area contributed by atoms with Crippen LogP contribution in [0.2, 0.25) is 5.02 Å². The van der Waals surface area contributed by atoms with Gasteiger partial charge in [0.1, 0.15) is 0 Å². The van der Waals surface area contributed by atoms with Crippen LogP contribution in [0.5, 0.6) is 0 Å². The standard InChI is InChI=1S/C14H13ClN2O3/c15-12-7-9(13(18)19)1-2-10(12)8-16-5-6-17(14(16)20)11-3-4-11/h1-2,5-7,11H,3-4,8H2,(H,18,19). The first-order valence-electron chi connectivity index (χ1n) is 6.35. The number of benzene rings is 1. The first-order valence-corrected chi connectivity index (χ1v) is 6.73. The molecule has 0 unspecified atom stereocenters. The lowest BCUT2D eigenvalue weighted by atomic mass is 10.1. The van der Waals surface area contributed by atoms with Crippen LogP contribution in [0.4, 0.5) is 0 Å². The van der Waals surface area contributed by atoms with E-state index < -0.39 is 5.97 Å². The lowest BCUT2D eigenvalue weighted by Gasteiger charge is -2.06. The number of aromatic carboxylic acids is 1. The largest absolute Gasteiger partial charge is 0.478 e. The number of hydrogen-bond donors (Lipinski definition) is 1. The summed E-state index contributed by atoms with van der Waals surface area (Å²) in [5.74, 6) is -1.02. The van der Waals surface area contributed by atoms with Crippen molar-refractivity contribution in [3.8, 4) is 0 Å². The molecule has 1 aromatic heterocycles. The summed E-state index contributed by atoms with van der Waals surface area (Å²) in [7, 11) is 0. The molecule has 0 saturated heterocycles. The van der Waals surface area contributed by atoms with E-state index in [1.165, 1.54) is 12.1 Å². The van der Waals surface area contributed by atoms with Crippen molar-refractivity contribution in [3.05, 3.63) is 57.2 Å². The molecule has 0 amide bonds. The molecule has 0 bridgehead atoms. The third-order valence-corrected chi connectivity index (χ3v) is 3.81. The van der Waals surface area contributed by atoms with Gasteiger partial charge in [-0.25, -0.2) is 9.59 Å². The molecule has 104 valence electrons. The fourth-order valence-electron chi connectivity index (χ4n) is 2.17. The zero-order valence-corrected chi connectivity index (χ0v) is 11.4. The molecule has 1 saturated carbocycles. The molecule has 3 rings (SSSR count). The smallest absolute Gasteiger partial charge is 0.335 e. The summed E-state index contributed by atoms with van der Waals surface area (Å²) in [6.45, 7) is 0.345. The van der Waals surface area contributed by atoms with E-state index in [0.29, 0.717) is 17.6 Å². The number of hydrogen-bond acceptors (Lipinski definition) is 2. The molecule has 0 radical (unpaired) electrons. The number of halogens is 1. The quantitative estimate of drug-likeness (QED) is 0.941. The molecule has 1 N–H and O–H groups in total. The van der Waals surface area contributed by atoms with E-state index in [1.807, 2.05) is 0 Å². The average molecular weight is 293 g/mol. The molecule has 6 heteroatoms. The number of imidazole rings is 1. The number of nitrogens with zero attached hydrogens (tertiary/aromatic N) is 2. The van der Waals surface area contributed by atoms with Crippen molar-refractivity contribution in [2.24, 2.45) is 0 Å². The minimum atomic E-state index is -1.02. The first kappa shape index (κ1) is 13.0. The van der Waals surface area contributed by atoms with Gasteiger partial charge < -0.3 is 5.11 Å². The van der Waals surface area contributed by atoms with E-state index in [1.54, 1.807) is 27.6 Å². The van der Waals surface area contributed by atoms with Crippen LogP contribution >= 0.6 is 11.6 Å². The fourth-order valence-corrected chi connectivity index (χ4v) is 2.41. The van der Waals surface area contributed by atoms with E-state index in [0.717, 1.165) is 18.4 Å². The molecular weight excluding hydrogens is 280 g/mol. The van der Waals surface area contributed by atoms with Gasteiger partial charge in [-0.2, -0.15) is 0 Å². The minimum Gasteiger partial charge on any atom is -0.478 e. The van der Waals surface area contributed by atoms with Gasteiger partial charge in [-0.15, -0.1) is 0 Å². The Kier molecular flexibility index (Phi) is 3.14. The average Bonchev–Trinajstić information content (AvgIpc) is 3.18. The Balaban J connectivity index is 1.87. The zero-order chi connectivity index (χ0) is 14.3. The predicted octanol–water partition coefficient (Wildman–Crippen LogP) is 2.38. The molecule has 0 aliphatic heterocycles. The normalized spacial score (nSPS) is 14.4. The Bertz CT molecular complexity index is 728. The fraction of sp³-hybridized carbons (Fsp3) is 0.286. The molecule has 20 heavy (non-hydrogen) atoms. The van der Waals surface area contributed by atoms with Gasteiger partial charge in [0.2, 0.25) is 0 Å². The molecule has 1 heterocycles. The summed E-state index contributed by atoms with van der Waals surface area (Å²) in [5.41, 5.74) is 0.819. The van der Waals surface area contributed by atoms with Crippen LogP contribution in [0.25, 0.3) is 0 Å². The van der Waals surface area contributed by atoms with Crippen LogP contribution < -0.4 is 5.69 Å². The van der Waals surface area contributed by atoms with E-state index in [-0.39, 0.29) is 11.3 Å². The van der Waals surface area contributed by atoms with Crippen molar-refractivity contribution in [2.75, 3.05) is 0 Å². The lowest BCUT2D eigenvalue weighted by Crippen LogP contribution is -2.23. The Morgan fingerprint density at radius 1 is 1.35 bits per heavy atom. The Hall–Kier alpha value is -2.01. The van der Waals surface area contributed by atoms with E-state index in [2.05, 4.69) is 0 Å². The monoisotopic (exact) mass is 292 g/mol. The van der Waals surface area contributed by atoms with E-state index in [9.17, 15) is 9.59 Å². The van der Waals surface area contributed by atoms with Crippen molar-refractivity contribution in [1.29, 1.82) is 0 Å². The second kappa shape index (κ2) is 4.83. The summed E-state index contributed by atoms with van der Waals surface area (Å²) in [6, 6.07) is 4.88. The number of aromatic nitrogens is 2. The second-order valence-corrected chi connectivity index (χ2v) is 5.37. The number of carboxylic acid groups (broad SMARTS) is 1. The maximum absolute atomic E-state index is 12.1. The second-order valence-electron chi connectivity index (χ2n) is 4.96. The van der Waals surface area contributed by atoms with Gasteiger partial charge in [0, 0.05) is 23.5 Å². The highest BCUT2D eigenvalue weighted by atomic mass is 35.5. The molecule has 1 aliphatic carbocycles. The van der Waals surface area contributed by atoms with Crippen molar-refractivity contribution in [2.45, 2.75) is 25.4 Å². The summed E-state index contributed by atoms with van der Waals surface area (Å²) in [4.78, 5) is 23.0. The lowest BCUT2D eigenvalue weighted by molar-refractivity contribution is 0.0697. The summed E-state index contributed by atoms with van der Waals surface area (Å²) >= 11 is 6.07. The maximum Gasteiger partial charge on any atom is 0.335 e. The van der Waals surface area contributed by atoms with Crippen LogP contribution in [-0.2, 0) is 6.54 Å². The maximum atomic E-state index is 12.1. The van der Waals surface area contributed by atoms with Crippen LogP contribution in [0, 0.1) is 0 Å². The van der Waals surface area contributed by atoms with Crippen molar-refractivity contribution in [3.63, 3.8) is 0 Å². The number of rotatable bonds is 4. The van der Waals surface area contributed by atoms with Crippen LogP contribution in [0.1, 0.15) is 34.8 Å². The van der Waals surface area contributed by atoms with Crippen molar-refractivity contribution < 1.29 is 9.90 Å². The van der Waals surface area contributed by atoms with E-state index >= 15 is 0 Å². The molecule has 2 aromatic rings. The van der Waals surface area contributed by atoms with Crippen molar-refractivity contribution >= 4 is 17.6 Å². The van der Waals surface area contributed by atoms with Gasteiger partial charge in [0.15, 0.2) is 0 Å². The number of carbonyl (C=O) groups is 1. The molecule has 1 fully saturated rings. The van der Waals surface area contributed by atoms with Gasteiger partial charge in [-0.1, -0.05) is 17.7 Å². The van der Waals surface area contributed by atoms with Gasteiger partial charge in [-0.3, -0.25) is 9.13 Å². The van der Waals surface area contributed by atoms with Gasteiger partial charge >= 0.3 is 11.7 Å². The van der Waals surface area contributed by atoms with Crippen molar-refractivity contribution in [1.82, 2.24) is 9.13 Å². The predicted molar refractivity (Wildman–Crippen MR) is 74.5 cm³/mol. The van der Waals surface area contributed by atoms with E-state index in [4.69, 9.17) is 16.7 Å². The molecule has 0 spiro atoms. The Labute approximate surface area is 120 Å². The van der Waals surface area contributed by atoms with Crippen LogP contribution in [0.3, 0.4) is 0 Å². The summed E-state index contributed by atoms with van der Waals surface area (Å²) in [6.07, 6.45) is 5.64. The highest BCUT2D eigenvalue weighted by Crippen LogP contribution is 2.33. The highest BCUT2D eigenvalue weighted by molar-refractivity contribution is 6.31. The zero-order valence-electron chi connectivity index (χ0n) is 10.6. The summed E-state index contributed by atoms with van der Waals surface area (Å²) in [5, 5.41) is 9.25. The van der Waals surface area contributed by atoms with Gasteiger partial charge in [0.25, 0.3) is 0 Å². The third-order valence-electron chi connectivity index (χ3n) is 3.45. The molecule has 0 atom stereocenters. The molecule has 1 aliphatic rings. The number of carboxylic acids is 1. The first-order chi connectivity index (χ1) is 9.56. The Morgan fingerprint density at radius 3 is 2.70 bits per heavy atom. The van der Waals surface area contributed by atoms with Crippen LogP contribution in [0.15, 0.2) is 35.4 Å². The topological polar surface area (TPSA) is 64.2 Å². The molecule has 5 nitrogen and oxygen atoms in total.